The van der Waals surface area contributed by atoms with E-state index in [1.54, 1.807) is 38.2 Å². The standard InChI is InChI=1S/C15H15ClN2O2/c1-9-7-10(2)18(3)15(20)13(9)14(19)17-12-6-4-5-11(16)8-12/h4-8H,1-3H3,(H,17,19). The molecule has 0 saturated carbocycles. The molecule has 4 nitrogen and oxygen atoms in total. The van der Waals surface area contributed by atoms with E-state index in [4.69, 9.17) is 11.6 Å². The average molecular weight is 291 g/mol. The summed E-state index contributed by atoms with van der Waals surface area (Å²) >= 11 is 5.87. The predicted octanol–water partition coefficient (Wildman–Crippen LogP) is 2.91. The molecule has 1 aromatic carbocycles. The minimum atomic E-state index is -0.426. The van der Waals surface area contributed by atoms with Gasteiger partial charge in [0.25, 0.3) is 11.5 Å². The second-order valence-corrected chi connectivity index (χ2v) is 5.11. The summed E-state index contributed by atoms with van der Waals surface area (Å²) in [5.74, 6) is -0.426. The van der Waals surface area contributed by atoms with Crippen molar-refractivity contribution in [2.24, 2.45) is 7.05 Å². The topological polar surface area (TPSA) is 51.1 Å². The Bertz CT molecular complexity index is 735. The number of nitrogens with one attached hydrogen (secondary N) is 1. The Balaban J connectivity index is 2.40. The maximum absolute atomic E-state index is 12.3. The fraction of sp³-hybridized carbons (Fsp3) is 0.200. The van der Waals surface area contributed by atoms with Gasteiger partial charge in [-0.1, -0.05) is 17.7 Å². The fourth-order valence-electron chi connectivity index (χ4n) is 2.01. The van der Waals surface area contributed by atoms with E-state index in [0.29, 0.717) is 16.3 Å². The van der Waals surface area contributed by atoms with E-state index in [-0.39, 0.29) is 11.1 Å². The van der Waals surface area contributed by atoms with Crippen LogP contribution in [0, 0.1) is 13.8 Å². The molecule has 1 heterocycles. The summed E-state index contributed by atoms with van der Waals surface area (Å²) < 4.78 is 1.46. The number of carbonyl (C=O) groups is 1. The molecule has 0 aliphatic carbocycles. The van der Waals surface area contributed by atoms with Crippen molar-refractivity contribution in [1.82, 2.24) is 4.57 Å². The number of aryl methyl sites for hydroxylation is 2. The molecule has 0 bridgehead atoms. The Morgan fingerprint density at radius 3 is 2.60 bits per heavy atom. The van der Waals surface area contributed by atoms with Gasteiger partial charge in [-0.25, -0.2) is 0 Å². The predicted molar refractivity (Wildman–Crippen MR) is 80.6 cm³/mol. The molecule has 0 unspecified atom stereocenters. The summed E-state index contributed by atoms with van der Waals surface area (Å²) in [5.41, 5.74) is 1.88. The molecule has 0 aliphatic rings. The lowest BCUT2D eigenvalue weighted by Crippen LogP contribution is -2.30. The number of aromatic nitrogens is 1. The van der Waals surface area contributed by atoms with Crippen molar-refractivity contribution in [2.45, 2.75) is 13.8 Å². The number of halogens is 1. The Labute approximate surface area is 122 Å². The maximum Gasteiger partial charge on any atom is 0.263 e. The van der Waals surface area contributed by atoms with Crippen molar-refractivity contribution in [2.75, 3.05) is 5.32 Å². The minimum absolute atomic E-state index is 0.151. The largest absolute Gasteiger partial charge is 0.322 e. The lowest BCUT2D eigenvalue weighted by atomic mass is 10.1. The number of amides is 1. The highest BCUT2D eigenvalue weighted by Crippen LogP contribution is 2.16. The number of benzene rings is 1. The van der Waals surface area contributed by atoms with Gasteiger partial charge < -0.3 is 9.88 Å². The van der Waals surface area contributed by atoms with Crippen LogP contribution in [0.25, 0.3) is 0 Å². The molecule has 0 aliphatic heterocycles. The third kappa shape index (κ3) is 2.75. The van der Waals surface area contributed by atoms with E-state index in [0.717, 1.165) is 5.69 Å². The molecular formula is C15H15ClN2O2. The molecule has 0 spiro atoms. The second-order valence-electron chi connectivity index (χ2n) is 4.67. The van der Waals surface area contributed by atoms with Crippen LogP contribution in [0.2, 0.25) is 5.02 Å². The molecule has 1 amide bonds. The van der Waals surface area contributed by atoms with E-state index >= 15 is 0 Å². The number of hydrogen-bond acceptors (Lipinski definition) is 2. The number of anilines is 1. The zero-order valence-corrected chi connectivity index (χ0v) is 12.3. The number of nitrogens with zero attached hydrogens (tertiary/aromatic N) is 1. The second kappa shape index (κ2) is 5.51. The molecule has 104 valence electrons. The van der Waals surface area contributed by atoms with Gasteiger partial charge in [0.2, 0.25) is 0 Å². The third-order valence-corrected chi connectivity index (χ3v) is 3.41. The highest BCUT2D eigenvalue weighted by molar-refractivity contribution is 6.30. The van der Waals surface area contributed by atoms with Crippen molar-refractivity contribution >= 4 is 23.2 Å². The van der Waals surface area contributed by atoms with Crippen LogP contribution in [0.3, 0.4) is 0 Å². The molecule has 0 atom stereocenters. The van der Waals surface area contributed by atoms with Crippen molar-refractivity contribution in [3.8, 4) is 0 Å². The molecule has 2 aromatic rings. The summed E-state index contributed by atoms with van der Waals surface area (Å²) in [4.78, 5) is 24.4. The van der Waals surface area contributed by atoms with Crippen LogP contribution in [-0.4, -0.2) is 10.5 Å². The summed E-state index contributed by atoms with van der Waals surface area (Å²) in [5, 5.41) is 3.22. The van der Waals surface area contributed by atoms with Crippen LogP contribution >= 0.6 is 11.6 Å². The monoisotopic (exact) mass is 290 g/mol. The lowest BCUT2D eigenvalue weighted by molar-refractivity contribution is 0.102. The Hall–Kier alpha value is -2.07. The smallest absolute Gasteiger partial charge is 0.263 e. The molecule has 1 aromatic heterocycles. The number of pyridine rings is 1. The minimum Gasteiger partial charge on any atom is -0.322 e. The van der Waals surface area contributed by atoms with Gasteiger partial charge in [-0.05, 0) is 43.7 Å². The van der Waals surface area contributed by atoms with Gasteiger partial charge in [0.05, 0.1) is 0 Å². The van der Waals surface area contributed by atoms with E-state index in [9.17, 15) is 9.59 Å². The first-order chi connectivity index (χ1) is 9.40. The fourth-order valence-corrected chi connectivity index (χ4v) is 2.21. The zero-order valence-electron chi connectivity index (χ0n) is 11.5. The van der Waals surface area contributed by atoms with Gasteiger partial charge in [-0.15, -0.1) is 0 Å². The summed E-state index contributed by atoms with van der Waals surface area (Å²) in [6, 6.07) is 8.62. The number of rotatable bonds is 2. The number of carbonyl (C=O) groups excluding carboxylic acids is 1. The first kappa shape index (κ1) is 14.3. The molecule has 2 rings (SSSR count). The molecule has 0 fully saturated rings. The molecule has 0 saturated heterocycles. The Morgan fingerprint density at radius 2 is 1.95 bits per heavy atom. The quantitative estimate of drug-likeness (QED) is 0.924. The van der Waals surface area contributed by atoms with Crippen molar-refractivity contribution < 1.29 is 4.79 Å². The van der Waals surface area contributed by atoms with Crippen LogP contribution in [-0.2, 0) is 7.05 Å². The van der Waals surface area contributed by atoms with E-state index in [1.165, 1.54) is 4.57 Å². The van der Waals surface area contributed by atoms with Gasteiger partial charge >= 0.3 is 0 Å². The van der Waals surface area contributed by atoms with Crippen LogP contribution in [0.15, 0.2) is 35.1 Å². The van der Waals surface area contributed by atoms with Crippen LogP contribution in [0.1, 0.15) is 21.6 Å². The van der Waals surface area contributed by atoms with Gasteiger partial charge in [0, 0.05) is 23.5 Å². The Kier molecular flexibility index (Phi) is 3.95. The highest BCUT2D eigenvalue weighted by atomic mass is 35.5. The van der Waals surface area contributed by atoms with Crippen LogP contribution in [0.4, 0.5) is 5.69 Å². The maximum atomic E-state index is 12.3. The summed E-state index contributed by atoms with van der Waals surface area (Å²) in [6.07, 6.45) is 0. The van der Waals surface area contributed by atoms with Crippen molar-refractivity contribution in [3.63, 3.8) is 0 Å². The molecule has 5 heteroatoms. The zero-order chi connectivity index (χ0) is 14.9. The first-order valence-electron chi connectivity index (χ1n) is 6.14. The van der Waals surface area contributed by atoms with Gasteiger partial charge in [-0.2, -0.15) is 0 Å². The van der Waals surface area contributed by atoms with Crippen molar-refractivity contribution in [3.05, 3.63) is 62.5 Å². The van der Waals surface area contributed by atoms with Gasteiger partial charge in [0.1, 0.15) is 5.56 Å². The molecule has 1 N–H and O–H groups in total. The van der Waals surface area contributed by atoms with Gasteiger partial charge in [-0.3, -0.25) is 9.59 Å². The molecular weight excluding hydrogens is 276 g/mol. The van der Waals surface area contributed by atoms with Crippen LogP contribution < -0.4 is 10.9 Å². The Morgan fingerprint density at radius 1 is 1.25 bits per heavy atom. The van der Waals surface area contributed by atoms with E-state index < -0.39 is 5.91 Å². The van der Waals surface area contributed by atoms with Crippen molar-refractivity contribution in [1.29, 1.82) is 0 Å². The molecule has 20 heavy (non-hydrogen) atoms. The molecule has 0 radical (unpaired) electrons. The number of hydrogen-bond donors (Lipinski definition) is 1. The van der Waals surface area contributed by atoms with E-state index in [2.05, 4.69) is 5.32 Å². The third-order valence-electron chi connectivity index (χ3n) is 3.18. The van der Waals surface area contributed by atoms with E-state index in [1.807, 2.05) is 13.0 Å². The summed E-state index contributed by atoms with van der Waals surface area (Å²) in [6.45, 7) is 3.58. The first-order valence-corrected chi connectivity index (χ1v) is 6.52. The van der Waals surface area contributed by atoms with Crippen LogP contribution in [0.5, 0.6) is 0 Å². The van der Waals surface area contributed by atoms with Gasteiger partial charge in [0.15, 0.2) is 0 Å². The average Bonchev–Trinajstić information content (AvgIpc) is 2.36. The SMILES string of the molecule is Cc1cc(C)n(C)c(=O)c1C(=O)Nc1cccc(Cl)c1. The summed E-state index contributed by atoms with van der Waals surface area (Å²) in [7, 11) is 1.65. The highest BCUT2D eigenvalue weighted by Gasteiger charge is 2.16. The normalized spacial score (nSPS) is 10.4. The lowest BCUT2D eigenvalue weighted by Gasteiger charge is -2.11.